The van der Waals surface area contributed by atoms with Crippen LogP contribution in [0, 0.1) is 0 Å². The van der Waals surface area contributed by atoms with Crippen molar-refractivity contribution >= 4 is 50.6 Å². The molecular formula is C22H24N4O3S2. The topological polar surface area (TPSA) is 87.3 Å². The summed E-state index contributed by atoms with van der Waals surface area (Å²) in [5, 5.41) is 3.70. The Morgan fingerprint density at radius 2 is 2.03 bits per heavy atom. The average molecular weight is 457 g/mol. The molecule has 3 heterocycles. The minimum Gasteiger partial charge on any atom is -0.378 e. The molecule has 1 saturated heterocycles. The van der Waals surface area contributed by atoms with E-state index in [1.807, 2.05) is 24.3 Å². The van der Waals surface area contributed by atoms with Crippen molar-refractivity contribution in [2.24, 2.45) is 0 Å². The molecule has 0 unspecified atom stereocenters. The number of carbonyl (C=O) groups is 1. The van der Waals surface area contributed by atoms with Crippen LogP contribution >= 0.6 is 23.1 Å². The summed E-state index contributed by atoms with van der Waals surface area (Å²) in [6.45, 7) is 3.27. The molecule has 2 aliphatic rings. The predicted molar refractivity (Wildman–Crippen MR) is 127 cm³/mol. The maximum Gasteiger partial charge on any atom is 0.259 e. The maximum atomic E-state index is 12.5. The van der Waals surface area contributed by atoms with E-state index in [0.717, 1.165) is 67.2 Å². The molecule has 0 bridgehead atoms. The van der Waals surface area contributed by atoms with Gasteiger partial charge in [-0.1, -0.05) is 0 Å². The second kappa shape index (κ2) is 9.02. The highest BCUT2D eigenvalue weighted by Crippen LogP contribution is 2.34. The number of rotatable bonds is 6. The van der Waals surface area contributed by atoms with Gasteiger partial charge >= 0.3 is 0 Å². The van der Waals surface area contributed by atoms with Crippen molar-refractivity contribution < 1.29 is 9.53 Å². The minimum atomic E-state index is -0.0670. The highest BCUT2D eigenvalue weighted by molar-refractivity contribution is 7.99. The number of amides is 1. The molecule has 3 aromatic rings. The number of fused-ring (bicyclic) bond motifs is 3. The normalized spacial score (nSPS) is 15.9. The lowest BCUT2D eigenvalue weighted by Crippen LogP contribution is -2.36. The van der Waals surface area contributed by atoms with E-state index in [2.05, 4.69) is 20.2 Å². The Labute approximate surface area is 188 Å². The molecule has 0 saturated carbocycles. The quantitative estimate of drug-likeness (QED) is 0.592. The summed E-state index contributed by atoms with van der Waals surface area (Å²) in [4.78, 5) is 36.8. The van der Waals surface area contributed by atoms with Gasteiger partial charge in [-0.3, -0.25) is 9.59 Å². The molecule has 0 atom stereocenters. The number of aromatic nitrogens is 2. The summed E-state index contributed by atoms with van der Waals surface area (Å²) in [5.74, 6) is 1.36. The summed E-state index contributed by atoms with van der Waals surface area (Å²) >= 11 is 3.08. The number of carbonyl (C=O) groups excluding carboxylic acids is 1. The first-order valence-corrected chi connectivity index (χ1v) is 12.5. The molecule has 1 aromatic carbocycles. The first kappa shape index (κ1) is 20.5. The summed E-state index contributed by atoms with van der Waals surface area (Å²) in [7, 11) is 0. The van der Waals surface area contributed by atoms with Gasteiger partial charge in [0.25, 0.3) is 5.56 Å². The van der Waals surface area contributed by atoms with Crippen molar-refractivity contribution in [3.05, 3.63) is 50.9 Å². The highest BCUT2D eigenvalue weighted by atomic mass is 32.2. The van der Waals surface area contributed by atoms with E-state index >= 15 is 0 Å². The van der Waals surface area contributed by atoms with Crippen LogP contribution in [0.15, 0.2) is 29.1 Å². The number of ether oxygens (including phenoxy) is 1. The molecule has 31 heavy (non-hydrogen) atoms. The Hall–Kier alpha value is -2.36. The van der Waals surface area contributed by atoms with Gasteiger partial charge < -0.3 is 19.9 Å². The molecule has 162 valence electrons. The first-order chi connectivity index (χ1) is 15.2. The van der Waals surface area contributed by atoms with Crippen molar-refractivity contribution in [3.8, 4) is 0 Å². The molecule has 1 aliphatic carbocycles. The van der Waals surface area contributed by atoms with Crippen LogP contribution in [0.3, 0.4) is 0 Å². The number of benzene rings is 1. The van der Waals surface area contributed by atoms with Gasteiger partial charge in [-0.05, 0) is 49.1 Å². The number of aryl methyl sites for hydroxylation is 2. The number of thiophene rings is 1. The van der Waals surface area contributed by atoms with Crippen LogP contribution in [0.4, 0.5) is 11.4 Å². The standard InChI is InChI=1S/C22H24N4O3S2/c27-19(23-14-4-6-15(7-5-14)26-8-10-29-11-9-26)13-30-12-18-24-21(28)20-16-2-1-3-17(16)31-22(20)25-18/h4-7H,1-3,8-13H2,(H,23,27)(H,24,25,28). The third-order valence-corrected chi connectivity index (χ3v) is 7.75. The van der Waals surface area contributed by atoms with Gasteiger partial charge in [-0.2, -0.15) is 0 Å². The van der Waals surface area contributed by atoms with E-state index in [1.165, 1.54) is 22.2 Å². The van der Waals surface area contributed by atoms with Crippen LogP contribution in [0.1, 0.15) is 22.7 Å². The zero-order chi connectivity index (χ0) is 21.2. The van der Waals surface area contributed by atoms with Crippen LogP contribution < -0.4 is 15.8 Å². The lowest BCUT2D eigenvalue weighted by Gasteiger charge is -2.28. The van der Waals surface area contributed by atoms with Crippen molar-refractivity contribution in [2.75, 3.05) is 42.3 Å². The SMILES string of the molecule is O=C(CSCc1nc2sc3c(c2c(=O)[nH]1)CCC3)Nc1ccc(N2CCOCC2)cc1. The fourth-order valence-corrected chi connectivity index (χ4v) is 6.10. The second-order valence-corrected chi connectivity index (χ2v) is 9.81. The zero-order valence-electron chi connectivity index (χ0n) is 17.1. The van der Waals surface area contributed by atoms with Crippen LogP contribution in [0.25, 0.3) is 10.2 Å². The van der Waals surface area contributed by atoms with E-state index in [9.17, 15) is 9.59 Å². The molecule has 0 radical (unpaired) electrons. The smallest absolute Gasteiger partial charge is 0.259 e. The van der Waals surface area contributed by atoms with Crippen LogP contribution in [0.5, 0.6) is 0 Å². The number of H-pyrrole nitrogens is 1. The molecule has 2 aromatic heterocycles. The van der Waals surface area contributed by atoms with Gasteiger partial charge in [0.15, 0.2) is 0 Å². The van der Waals surface area contributed by atoms with E-state index < -0.39 is 0 Å². The summed E-state index contributed by atoms with van der Waals surface area (Å²) in [6.07, 6.45) is 3.15. The molecule has 2 N–H and O–H groups in total. The van der Waals surface area contributed by atoms with E-state index in [0.29, 0.717) is 17.3 Å². The number of hydrogen-bond acceptors (Lipinski definition) is 7. The van der Waals surface area contributed by atoms with Crippen molar-refractivity contribution in [1.82, 2.24) is 9.97 Å². The molecule has 9 heteroatoms. The van der Waals surface area contributed by atoms with E-state index in [-0.39, 0.29) is 11.5 Å². The van der Waals surface area contributed by atoms with Gasteiger partial charge in [-0.15, -0.1) is 23.1 Å². The lowest BCUT2D eigenvalue weighted by atomic mass is 10.2. The number of hydrogen-bond donors (Lipinski definition) is 2. The molecular weight excluding hydrogens is 432 g/mol. The first-order valence-electron chi connectivity index (χ1n) is 10.5. The van der Waals surface area contributed by atoms with Gasteiger partial charge in [-0.25, -0.2) is 4.98 Å². The Kier molecular flexibility index (Phi) is 5.97. The largest absolute Gasteiger partial charge is 0.378 e. The Morgan fingerprint density at radius 3 is 2.84 bits per heavy atom. The Morgan fingerprint density at radius 1 is 1.23 bits per heavy atom. The van der Waals surface area contributed by atoms with Crippen LogP contribution in [-0.2, 0) is 28.1 Å². The van der Waals surface area contributed by atoms with Crippen LogP contribution in [0.2, 0.25) is 0 Å². The third-order valence-electron chi connectivity index (χ3n) is 5.62. The Balaban J connectivity index is 1.14. The van der Waals surface area contributed by atoms with Gasteiger partial charge in [0.05, 0.1) is 30.1 Å². The molecule has 0 spiro atoms. The third kappa shape index (κ3) is 4.49. The highest BCUT2D eigenvalue weighted by Gasteiger charge is 2.21. The fraction of sp³-hybridized carbons (Fsp3) is 0.409. The van der Waals surface area contributed by atoms with Crippen molar-refractivity contribution in [3.63, 3.8) is 0 Å². The van der Waals surface area contributed by atoms with Crippen molar-refractivity contribution in [1.29, 1.82) is 0 Å². The molecule has 1 fully saturated rings. The zero-order valence-corrected chi connectivity index (χ0v) is 18.7. The monoisotopic (exact) mass is 456 g/mol. The number of nitrogens with one attached hydrogen (secondary N) is 2. The summed E-state index contributed by atoms with van der Waals surface area (Å²) in [6, 6.07) is 7.90. The summed E-state index contributed by atoms with van der Waals surface area (Å²) < 4.78 is 5.38. The second-order valence-electron chi connectivity index (χ2n) is 7.74. The Bertz CT molecular complexity index is 1150. The molecule has 5 rings (SSSR count). The lowest BCUT2D eigenvalue weighted by molar-refractivity contribution is -0.113. The van der Waals surface area contributed by atoms with E-state index in [4.69, 9.17) is 4.74 Å². The summed E-state index contributed by atoms with van der Waals surface area (Å²) in [5.41, 5.74) is 3.06. The number of aromatic amines is 1. The van der Waals surface area contributed by atoms with Gasteiger partial charge in [0.1, 0.15) is 10.7 Å². The average Bonchev–Trinajstić information content (AvgIpc) is 3.36. The number of anilines is 2. The van der Waals surface area contributed by atoms with Crippen molar-refractivity contribution in [2.45, 2.75) is 25.0 Å². The molecule has 7 nitrogen and oxygen atoms in total. The van der Waals surface area contributed by atoms with Gasteiger partial charge in [0.2, 0.25) is 5.91 Å². The fourth-order valence-electron chi connectivity index (χ4n) is 4.13. The maximum absolute atomic E-state index is 12.5. The molecule has 1 aliphatic heterocycles. The number of thioether (sulfide) groups is 1. The predicted octanol–water partition coefficient (Wildman–Crippen LogP) is 3.18. The van der Waals surface area contributed by atoms with Gasteiger partial charge in [0, 0.05) is 29.3 Å². The number of morpholine rings is 1. The number of nitrogens with zero attached hydrogens (tertiary/aromatic N) is 2. The molecule has 1 amide bonds. The van der Waals surface area contributed by atoms with Crippen LogP contribution in [-0.4, -0.2) is 47.9 Å². The van der Waals surface area contributed by atoms with E-state index in [1.54, 1.807) is 11.3 Å². The minimum absolute atomic E-state index is 0.0511.